The molecule has 6 heteroatoms. The molecule has 0 aliphatic rings. The molecule has 0 bridgehead atoms. The van der Waals surface area contributed by atoms with E-state index in [1.807, 2.05) is 0 Å². The van der Waals surface area contributed by atoms with Crippen molar-refractivity contribution in [3.63, 3.8) is 0 Å². The Morgan fingerprint density at radius 1 is 1.35 bits per heavy atom. The van der Waals surface area contributed by atoms with Crippen LogP contribution in [0.15, 0.2) is 18.2 Å². The highest BCUT2D eigenvalue weighted by atomic mass is 35.5. The van der Waals surface area contributed by atoms with Crippen LogP contribution in [-0.4, -0.2) is 12.6 Å². The van der Waals surface area contributed by atoms with Crippen molar-refractivity contribution in [3.05, 3.63) is 34.3 Å². The second kappa shape index (κ2) is 5.40. The van der Waals surface area contributed by atoms with Gasteiger partial charge in [-0.05, 0) is 30.7 Å². The van der Waals surface area contributed by atoms with Crippen LogP contribution in [0.3, 0.4) is 0 Å². The van der Waals surface area contributed by atoms with Gasteiger partial charge in [-0.1, -0.05) is 11.6 Å². The normalized spacial score (nSPS) is 11.4. The zero-order chi connectivity index (χ0) is 13.1. The smallest absolute Gasteiger partial charge is 0.416 e. The Morgan fingerprint density at radius 2 is 2.00 bits per heavy atom. The summed E-state index contributed by atoms with van der Waals surface area (Å²) in [5, 5.41) is -0.0564. The first kappa shape index (κ1) is 13.8. The number of esters is 1. The molecule has 1 aromatic rings. The Balaban J connectivity index is 2.94. The second-order valence-corrected chi connectivity index (χ2v) is 3.76. The van der Waals surface area contributed by atoms with Gasteiger partial charge in [0.2, 0.25) is 0 Å². The van der Waals surface area contributed by atoms with Gasteiger partial charge in [-0.2, -0.15) is 13.2 Å². The van der Waals surface area contributed by atoms with Crippen LogP contribution in [0.4, 0.5) is 13.2 Å². The van der Waals surface area contributed by atoms with Crippen molar-refractivity contribution in [3.8, 4) is 0 Å². The fraction of sp³-hybridized carbons (Fsp3) is 0.364. The van der Waals surface area contributed by atoms with Gasteiger partial charge in [0.1, 0.15) is 0 Å². The number of hydrogen-bond acceptors (Lipinski definition) is 2. The van der Waals surface area contributed by atoms with E-state index in [4.69, 9.17) is 11.6 Å². The molecule has 17 heavy (non-hydrogen) atoms. The highest BCUT2D eigenvalue weighted by Gasteiger charge is 2.31. The molecule has 0 spiro atoms. The van der Waals surface area contributed by atoms with Crippen molar-refractivity contribution in [2.45, 2.75) is 19.5 Å². The number of rotatable bonds is 3. The molecule has 0 aliphatic heterocycles. The van der Waals surface area contributed by atoms with Gasteiger partial charge in [-0.25, -0.2) is 0 Å². The summed E-state index contributed by atoms with van der Waals surface area (Å²) in [6.07, 6.45) is -4.70. The topological polar surface area (TPSA) is 26.3 Å². The first-order valence-electron chi connectivity index (χ1n) is 4.85. The third kappa shape index (κ3) is 4.26. The molecule has 0 radical (unpaired) electrons. The molecular formula is C11H10ClF3O2. The van der Waals surface area contributed by atoms with Crippen LogP contribution in [-0.2, 0) is 22.1 Å². The van der Waals surface area contributed by atoms with Crippen LogP contribution in [0.2, 0.25) is 5.02 Å². The van der Waals surface area contributed by atoms with Crippen LogP contribution in [0.25, 0.3) is 0 Å². The summed E-state index contributed by atoms with van der Waals surface area (Å²) in [5.41, 5.74) is -0.687. The lowest BCUT2D eigenvalue weighted by molar-refractivity contribution is -0.142. The van der Waals surface area contributed by atoms with E-state index in [0.29, 0.717) is 0 Å². The predicted octanol–water partition coefficient (Wildman–Crippen LogP) is 3.46. The van der Waals surface area contributed by atoms with Gasteiger partial charge in [-0.3, -0.25) is 4.79 Å². The molecule has 0 saturated carbocycles. The summed E-state index contributed by atoms with van der Waals surface area (Å²) >= 11 is 5.56. The number of ether oxygens (including phenoxy) is 1. The number of hydrogen-bond donors (Lipinski definition) is 0. The minimum atomic E-state index is -4.48. The van der Waals surface area contributed by atoms with Gasteiger partial charge in [0.25, 0.3) is 0 Å². The van der Waals surface area contributed by atoms with Gasteiger partial charge < -0.3 is 4.74 Å². The molecule has 0 atom stereocenters. The highest BCUT2D eigenvalue weighted by molar-refractivity contribution is 6.30. The Morgan fingerprint density at radius 3 is 2.53 bits per heavy atom. The third-order valence-corrected chi connectivity index (χ3v) is 2.16. The van der Waals surface area contributed by atoms with Crippen LogP contribution in [0.5, 0.6) is 0 Å². The number of benzene rings is 1. The minimum Gasteiger partial charge on any atom is -0.466 e. The van der Waals surface area contributed by atoms with Gasteiger partial charge in [0.15, 0.2) is 0 Å². The van der Waals surface area contributed by atoms with Gasteiger partial charge in [-0.15, -0.1) is 0 Å². The van der Waals surface area contributed by atoms with E-state index < -0.39 is 17.7 Å². The van der Waals surface area contributed by atoms with Crippen LogP contribution in [0.1, 0.15) is 18.1 Å². The molecule has 0 heterocycles. The van der Waals surface area contributed by atoms with E-state index in [2.05, 4.69) is 4.74 Å². The maximum absolute atomic E-state index is 12.5. The van der Waals surface area contributed by atoms with E-state index in [0.717, 1.165) is 12.1 Å². The van der Waals surface area contributed by atoms with Crippen molar-refractivity contribution in [2.75, 3.05) is 6.61 Å². The largest absolute Gasteiger partial charge is 0.466 e. The van der Waals surface area contributed by atoms with E-state index in [9.17, 15) is 18.0 Å². The summed E-state index contributed by atoms with van der Waals surface area (Å²) in [6, 6.07) is 3.02. The lowest BCUT2D eigenvalue weighted by Crippen LogP contribution is -2.10. The molecule has 94 valence electrons. The molecule has 0 N–H and O–H groups in total. The average Bonchev–Trinajstić information content (AvgIpc) is 2.15. The van der Waals surface area contributed by atoms with E-state index in [1.165, 1.54) is 6.07 Å². The fourth-order valence-corrected chi connectivity index (χ4v) is 1.55. The molecule has 1 rings (SSSR count). The molecule has 1 aromatic carbocycles. The maximum Gasteiger partial charge on any atom is 0.416 e. The number of halogens is 4. The first-order valence-corrected chi connectivity index (χ1v) is 5.23. The Hall–Kier alpha value is -1.23. The maximum atomic E-state index is 12.5. The zero-order valence-electron chi connectivity index (χ0n) is 8.97. The lowest BCUT2D eigenvalue weighted by atomic mass is 10.1. The van der Waals surface area contributed by atoms with Crippen molar-refractivity contribution < 1.29 is 22.7 Å². The minimum absolute atomic E-state index is 0.0564. The Kier molecular flexibility index (Phi) is 4.40. The zero-order valence-corrected chi connectivity index (χ0v) is 9.73. The summed E-state index contributed by atoms with van der Waals surface area (Å²) in [5.74, 6) is -0.581. The van der Waals surface area contributed by atoms with Crippen LogP contribution in [0, 0.1) is 0 Å². The van der Waals surface area contributed by atoms with Crippen LogP contribution >= 0.6 is 11.6 Å². The molecule has 0 amide bonds. The number of carbonyl (C=O) groups is 1. The number of carbonyl (C=O) groups excluding carboxylic acids is 1. The van der Waals surface area contributed by atoms with Gasteiger partial charge >= 0.3 is 12.1 Å². The van der Waals surface area contributed by atoms with Crippen molar-refractivity contribution in [1.82, 2.24) is 0 Å². The Labute approximate surface area is 101 Å². The highest BCUT2D eigenvalue weighted by Crippen LogP contribution is 2.32. The molecular weight excluding hydrogens is 257 g/mol. The number of alkyl halides is 3. The lowest BCUT2D eigenvalue weighted by Gasteiger charge is -2.09. The Bertz CT molecular complexity index is 416. The first-order chi connectivity index (χ1) is 7.82. The molecule has 2 nitrogen and oxygen atoms in total. The fourth-order valence-electron chi connectivity index (χ4n) is 1.29. The molecule has 0 aromatic heterocycles. The monoisotopic (exact) mass is 266 g/mol. The van der Waals surface area contributed by atoms with E-state index in [1.54, 1.807) is 6.92 Å². The van der Waals surface area contributed by atoms with Crippen molar-refractivity contribution in [2.24, 2.45) is 0 Å². The quantitative estimate of drug-likeness (QED) is 0.783. The average molecular weight is 267 g/mol. The second-order valence-electron chi connectivity index (χ2n) is 3.33. The van der Waals surface area contributed by atoms with E-state index in [-0.39, 0.29) is 23.6 Å². The summed E-state index contributed by atoms with van der Waals surface area (Å²) in [7, 11) is 0. The van der Waals surface area contributed by atoms with Crippen molar-refractivity contribution >= 4 is 17.6 Å². The molecule has 0 unspecified atom stereocenters. The standard InChI is InChI=1S/C11H10ClF3O2/c1-2-17-10(16)5-7-3-8(11(13,14)15)6-9(12)4-7/h3-4,6H,2,5H2,1H3. The third-order valence-electron chi connectivity index (χ3n) is 1.94. The summed E-state index contributed by atoms with van der Waals surface area (Å²) in [4.78, 5) is 11.1. The van der Waals surface area contributed by atoms with Crippen LogP contribution < -0.4 is 0 Å². The molecule has 0 saturated heterocycles. The van der Waals surface area contributed by atoms with E-state index >= 15 is 0 Å². The van der Waals surface area contributed by atoms with Gasteiger partial charge in [0.05, 0.1) is 18.6 Å². The molecule has 0 fully saturated rings. The predicted molar refractivity (Wildman–Crippen MR) is 56.8 cm³/mol. The van der Waals surface area contributed by atoms with Crippen molar-refractivity contribution in [1.29, 1.82) is 0 Å². The SMILES string of the molecule is CCOC(=O)Cc1cc(Cl)cc(C(F)(F)F)c1. The summed E-state index contributed by atoms with van der Waals surface area (Å²) < 4.78 is 42.0. The van der Waals surface area contributed by atoms with Gasteiger partial charge in [0, 0.05) is 5.02 Å². The summed E-state index contributed by atoms with van der Waals surface area (Å²) in [6.45, 7) is 1.81. The molecule has 0 aliphatic carbocycles.